The average Bonchev–Trinajstić information content (AvgIpc) is 2.99. The highest BCUT2D eigenvalue weighted by atomic mass is 32.1. The highest BCUT2D eigenvalue weighted by Crippen LogP contribution is 2.23. The largest absolute Gasteiger partial charge is 0.326 e. The third-order valence-electron chi connectivity index (χ3n) is 3.44. The number of hydrogen-bond acceptors (Lipinski definition) is 4. The number of aromatic nitrogens is 1. The van der Waals surface area contributed by atoms with Crippen molar-refractivity contribution in [2.75, 3.05) is 7.05 Å². The molecule has 4 nitrogen and oxygen atoms in total. The van der Waals surface area contributed by atoms with Crippen LogP contribution in [0.25, 0.3) is 10.2 Å². The van der Waals surface area contributed by atoms with E-state index >= 15 is 0 Å². The van der Waals surface area contributed by atoms with Gasteiger partial charge in [-0.25, -0.2) is 15.0 Å². The highest BCUT2D eigenvalue weighted by molar-refractivity contribution is 7.16. The summed E-state index contributed by atoms with van der Waals surface area (Å²) in [6.45, 7) is 4.15. The maximum atomic E-state index is 4.50. The molecule has 23 heavy (non-hydrogen) atoms. The summed E-state index contributed by atoms with van der Waals surface area (Å²) in [5, 5.41) is 0. The lowest BCUT2D eigenvalue weighted by Crippen LogP contribution is -2.12. The highest BCUT2D eigenvalue weighted by Gasteiger charge is 1.98. The van der Waals surface area contributed by atoms with Crippen LogP contribution >= 0.6 is 11.3 Å². The second-order valence-electron chi connectivity index (χ2n) is 5.45. The molecule has 0 atom stereocenters. The first-order valence-corrected chi connectivity index (χ1v) is 8.20. The molecule has 5 heteroatoms. The lowest BCUT2D eigenvalue weighted by molar-refractivity contribution is 0.802. The van der Waals surface area contributed by atoms with Crippen molar-refractivity contribution in [1.82, 2.24) is 9.88 Å². The lowest BCUT2D eigenvalue weighted by Gasteiger charge is -2.06. The molecule has 0 saturated heterocycles. The molecular formula is C18H18N4S. The summed E-state index contributed by atoms with van der Waals surface area (Å²) in [6, 6.07) is 12.2. The van der Waals surface area contributed by atoms with Crippen LogP contribution < -0.4 is 0 Å². The van der Waals surface area contributed by atoms with Crippen molar-refractivity contribution in [3.05, 3.63) is 53.0 Å². The summed E-state index contributed by atoms with van der Waals surface area (Å²) >= 11 is 1.62. The Balaban J connectivity index is 1.70. The van der Waals surface area contributed by atoms with E-state index in [2.05, 4.69) is 40.9 Å². The Bertz CT molecular complexity index is 880. The molecule has 2 aromatic carbocycles. The molecule has 116 valence electrons. The lowest BCUT2D eigenvalue weighted by atomic mass is 10.1. The summed E-state index contributed by atoms with van der Waals surface area (Å²) < 4.78 is 1.14. The summed E-state index contributed by atoms with van der Waals surface area (Å²) in [4.78, 5) is 15.1. The van der Waals surface area contributed by atoms with Gasteiger partial charge < -0.3 is 4.90 Å². The Morgan fingerprint density at radius 2 is 1.87 bits per heavy atom. The standard InChI is InChI=1S/C18H18N4S/c1-13-4-6-16(14(2)8-13)20-11-22(3)10-19-15-5-7-17-18(9-15)23-12-21-17/h4-12H,1-3H3/b19-10+,20-11+. The van der Waals surface area contributed by atoms with Crippen molar-refractivity contribution in [2.24, 2.45) is 9.98 Å². The van der Waals surface area contributed by atoms with Crippen LogP contribution in [-0.2, 0) is 0 Å². The van der Waals surface area contributed by atoms with Gasteiger partial charge in [0.1, 0.15) is 0 Å². The first-order chi connectivity index (χ1) is 11.1. The normalized spacial score (nSPS) is 11.8. The smallest absolute Gasteiger partial charge is 0.0961 e. The summed E-state index contributed by atoms with van der Waals surface area (Å²) in [7, 11) is 1.92. The van der Waals surface area contributed by atoms with Crippen molar-refractivity contribution < 1.29 is 0 Å². The predicted octanol–water partition coefficient (Wildman–Crippen LogP) is 4.86. The first kappa shape index (κ1) is 15.4. The van der Waals surface area contributed by atoms with Crippen LogP contribution in [0.15, 0.2) is 51.9 Å². The van der Waals surface area contributed by atoms with Crippen molar-refractivity contribution in [2.45, 2.75) is 13.8 Å². The summed E-state index contributed by atoms with van der Waals surface area (Å²) in [5.74, 6) is 0. The van der Waals surface area contributed by atoms with E-state index in [0.29, 0.717) is 0 Å². The quantitative estimate of drug-likeness (QED) is 0.508. The van der Waals surface area contributed by atoms with Crippen LogP contribution in [-0.4, -0.2) is 29.6 Å². The fourth-order valence-electron chi connectivity index (χ4n) is 2.22. The Morgan fingerprint density at radius 1 is 1.04 bits per heavy atom. The Kier molecular flexibility index (Phi) is 4.48. The van der Waals surface area contributed by atoms with Gasteiger partial charge in [0.05, 0.1) is 39.8 Å². The number of nitrogens with zero attached hydrogens (tertiary/aromatic N) is 4. The van der Waals surface area contributed by atoms with E-state index in [1.165, 1.54) is 11.1 Å². The minimum atomic E-state index is 0.911. The Hall–Kier alpha value is -2.53. The van der Waals surface area contributed by atoms with Crippen LogP contribution in [0.3, 0.4) is 0 Å². The molecule has 0 unspecified atom stereocenters. The van der Waals surface area contributed by atoms with Crippen molar-refractivity contribution in [3.8, 4) is 0 Å². The van der Waals surface area contributed by atoms with E-state index in [4.69, 9.17) is 0 Å². The van der Waals surface area contributed by atoms with Crippen LogP contribution in [0.1, 0.15) is 11.1 Å². The van der Waals surface area contributed by atoms with Gasteiger partial charge in [0.25, 0.3) is 0 Å². The molecule has 0 radical (unpaired) electrons. The van der Waals surface area contributed by atoms with Gasteiger partial charge in [0.2, 0.25) is 0 Å². The number of thiazole rings is 1. The van der Waals surface area contributed by atoms with E-state index in [0.717, 1.165) is 21.6 Å². The van der Waals surface area contributed by atoms with E-state index in [9.17, 15) is 0 Å². The van der Waals surface area contributed by atoms with Crippen molar-refractivity contribution in [1.29, 1.82) is 0 Å². The molecule has 0 N–H and O–H groups in total. The molecule has 0 aliphatic carbocycles. The van der Waals surface area contributed by atoms with Crippen LogP contribution in [0.5, 0.6) is 0 Å². The molecule has 1 heterocycles. The molecular weight excluding hydrogens is 304 g/mol. The predicted molar refractivity (Wildman–Crippen MR) is 99.6 cm³/mol. The zero-order chi connectivity index (χ0) is 16.2. The van der Waals surface area contributed by atoms with Crippen LogP contribution in [0, 0.1) is 13.8 Å². The number of benzene rings is 2. The topological polar surface area (TPSA) is 40.9 Å². The third kappa shape index (κ3) is 3.81. The second-order valence-corrected chi connectivity index (χ2v) is 6.34. The fraction of sp³-hybridized carbons (Fsp3) is 0.167. The van der Waals surface area contributed by atoms with Crippen LogP contribution in [0.4, 0.5) is 11.4 Å². The number of fused-ring (bicyclic) bond motifs is 1. The minimum Gasteiger partial charge on any atom is -0.326 e. The third-order valence-corrected chi connectivity index (χ3v) is 4.23. The summed E-state index contributed by atoms with van der Waals surface area (Å²) in [6.07, 6.45) is 3.53. The Morgan fingerprint density at radius 3 is 2.70 bits per heavy atom. The average molecular weight is 322 g/mol. The number of rotatable bonds is 4. The maximum Gasteiger partial charge on any atom is 0.0961 e. The Labute approximate surface area is 139 Å². The number of aliphatic imine (C=N–C) groups is 2. The molecule has 1 aromatic heterocycles. The molecule has 0 saturated carbocycles. The van der Waals surface area contributed by atoms with Gasteiger partial charge in [0.15, 0.2) is 0 Å². The van der Waals surface area contributed by atoms with E-state index in [-0.39, 0.29) is 0 Å². The monoisotopic (exact) mass is 322 g/mol. The van der Waals surface area contributed by atoms with Crippen molar-refractivity contribution in [3.63, 3.8) is 0 Å². The SMILES string of the molecule is Cc1ccc(/N=C/N(C)/C=N/c2ccc3ncsc3c2)c(C)c1. The first-order valence-electron chi connectivity index (χ1n) is 7.32. The molecule has 0 aliphatic rings. The molecule has 0 fully saturated rings. The van der Waals surface area contributed by atoms with Gasteiger partial charge in [-0.2, -0.15) is 0 Å². The van der Waals surface area contributed by atoms with Gasteiger partial charge in [-0.15, -0.1) is 11.3 Å². The molecule has 3 aromatic rings. The van der Waals surface area contributed by atoms with Gasteiger partial charge in [-0.1, -0.05) is 17.7 Å². The second kappa shape index (κ2) is 6.71. The molecule has 3 rings (SSSR count). The van der Waals surface area contributed by atoms with Gasteiger partial charge in [-0.3, -0.25) is 0 Å². The van der Waals surface area contributed by atoms with E-state index in [1.807, 2.05) is 41.7 Å². The maximum absolute atomic E-state index is 4.50. The zero-order valence-electron chi connectivity index (χ0n) is 13.4. The number of aryl methyl sites for hydroxylation is 2. The zero-order valence-corrected chi connectivity index (χ0v) is 14.2. The molecule has 0 amide bonds. The van der Waals surface area contributed by atoms with E-state index in [1.54, 1.807) is 24.0 Å². The summed E-state index contributed by atoms with van der Waals surface area (Å²) in [5.41, 5.74) is 7.16. The molecule has 0 aliphatic heterocycles. The van der Waals surface area contributed by atoms with E-state index < -0.39 is 0 Å². The van der Waals surface area contributed by atoms with Gasteiger partial charge in [-0.05, 0) is 43.7 Å². The van der Waals surface area contributed by atoms with Crippen LogP contribution in [0.2, 0.25) is 0 Å². The fourth-order valence-corrected chi connectivity index (χ4v) is 2.93. The van der Waals surface area contributed by atoms with Gasteiger partial charge >= 0.3 is 0 Å². The number of hydrogen-bond donors (Lipinski definition) is 0. The minimum absolute atomic E-state index is 0.911. The molecule has 0 bridgehead atoms. The van der Waals surface area contributed by atoms with Gasteiger partial charge in [0, 0.05) is 7.05 Å². The molecule has 0 spiro atoms. The van der Waals surface area contributed by atoms with Crippen molar-refractivity contribution >= 4 is 45.6 Å².